The summed E-state index contributed by atoms with van der Waals surface area (Å²) in [6.45, 7) is 0. The molecule has 1 aliphatic rings. The Bertz CT molecular complexity index is 749. The molecule has 0 fully saturated rings. The van der Waals surface area contributed by atoms with Crippen molar-refractivity contribution >= 4 is 29.5 Å². The number of aliphatic imine (C=N–C) groups is 1. The molecule has 3 nitrogen and oxygen atoms in total. The number of nitrogens with zero attached hydrogens (tertiary/aromatic N) is 1. The number of carbonyl (C=O) groups is 1. The maximum Gasteiger partial charge on any atom is 0.363 e. The lowest BCUT2D eigenvalue weighted by atomic mass is 10.2. The number of cyclic esters (lactones) is 1. The lowest BCUT2D eigenvalue weighted by molar-refractivity contribution is -0.129. The molecule has 0 saturated carbocycles. The number of hydrogen-bond donors (Lipinski definition) is 0. The van der Waals surface area contributed by atoms with Gasteiger partial charge in [-0.2, -0.15) is 0 Å². The Morgan fingerprint density at radius 3 is 2.38 bits per heavy atom. The monoisotopic (exact) mass is 301 g/mol. The third-order valence-corrected chi connectivity index (χ3v) is 3.14. The van der Waals surface area contributed by atoms with Crippen LogP contribution in [0.1, 0.15) is 11.1 Å². The zero-order valence-electron chi connectivity index (χ0n) is 10.7. The molecular formula is C16H9ClFNO2. The first-order chi connectivity index (χ1) is 10.1. The molecule has 1 heterocycles. The molecule has 0 unspecified atom stereocenters. The molecule has 0 aliphatic carbocycles. The van der Waals surface area contributed by atoms with Gasteiger partial charge in [-0.05, 0) is 48.0 Å². The average molecular weight is 302 g/mol. The highest BCUT2D eigenvalue weighted by Crippen LogP contribution is 2.20. The Morgan fingerprint density at radius 2 is 1.71 bits per heavy atom. The van der Waals surface area contributed by atoms with Crippen LogP contribution in [0, 0.1) is 5.82 Å². The van der Waals surface area contributed by atoms with Gasteiger partial charge in [0.25, 0.3) is 0 Å². The largest absolute Gasteiger partial charge is 0.402 e. The molecule has 0 spiro atoms. The number of esters is 1. The maximum absolute atomic E-state index is 12.8. The third-order valence-electron chi connectivity index (χ3n) is 2.89. The minimum atomic E-state index is -0.538. The normalized spacial score (nSPS) is 16.0. The molecule has 5 heteroatoms. The molecular weight excluding hydrogens is 293 g/mol. The van der Waals surface area contributed by atoms with E-state index in [1.807, 2.05) is 0 Å². The molecule has 21 heavy (non-hydrogen) atoms. The summed E-state index contributed by atoms with van der Waals surface area (Å²) in [6.07, 6.45) is 1.55. The molecule has 0 radical (unpaired) electrons. The minimum absolute atomic E-state index is 0.173. The first-order valence-corrected chi connectivity index (χ1v) is 6.54. The predicted molar refractivity (Wildman–Crippen MR) is 78.5 cm³/mol. The molecule has 1 aliphatic heterocycles. The molecule has 0 aromatic heterocycles. The van der Waals surface area contributed by atoms with Gasteiger partial charge in [0.15, 0.2) is 5.70 Å². The van der Waals surface area contributed by atoms with Crippen molar-refractivity contribution in [3.63, 3.8) is 0 Å². The molecule has 0 N–H and O–H groups in total. The standard InChI is InChI=1S/C16H9ClFNO2/c17-12-5-3-11(4-6-12)15-19-14(16(20)21-15)9-10-1-7-13(18)8-2-10/h1-9H/b14-9+. The van der Waals surface area contributed by atoms with E-state index in [1.54, 1.807) is 42.5 Å². The number of carbonyl (C=O) groups excluding carboxylic acids is 1. The van der Waals surface area contributed by atoms with Crippen molar-refractivity contribution < 1.29 is 13.9 Å². The molecule has 0 saturated heterocycles. The smallest absolute Gasteiger partial charge is 0.363 e. The van der Waals surface area contributed by atoms with Crippen LogP contribution in [0.4, 0.5) is 4.39 Å². The third kappa shape index (κ3) is 3.01. The van der Waals surface area contributed by atoms with Gasteiger partial charge in [-0.25, -0.2) is 14.2 Å². The molecule has 2 aromatic rings. The fraction of sp³-hybridized carbons (Fsp3) is 0. The topological polar surface area (TPSA) is 38.7 Å². The fourth-order valence-corrected chi connectivity index (χ4v) is 1.97. The van der Waals surface area contributed by atoms with Crippen LogP contribution >= 0.6 is 11.6 Å². The van der Waals surface area contributed by atoms with Gasteiger partial charge < -0.3 is 4.74 Å². The first kappa shape index (κ1) is 13.5. The van der Waals surface area contributed by atoms with Crippen LogP contribution in [0.15, 0.2) is 59.2 Å². The number of hydrogen-bond acceptors (Lipinski definition) is 3. The van der Waals surface area contributed by atoms with Gasteiger partial charge in [-0.15, -0.1) is 0 Å². The van der Waals surface area contributed by atoms with Crippen molar-refractivity contribution in [2.75, 3.05) is 0 Å². The van der Waals surface area contributed by atoms with Crippen molar-refractivity contribution in [1.82, 2.24) is 0 Å². The SMILES string of the molecule is O=C1OC(c2ccc(Cl)cc2)=N/C1=C/c1ccc(F)cc1. The van der Waals surface area contributed by atoms with Gasteiger partial charge >= 0.3 is 5.97 Å². The summed E-state index contributed by atoms with van der Waals surface area (Å²) in [5.74, 6) is -0.647. The van der Waals surface area contributed by atoms with Crippen LogP contribution in [-0.4, -0.2) is 11.9 Å². The van der Waals surface area contributed by atoms with E-state index in [4.69, 9.17) is 16.3 Å². The zero-order valence-corrected chi connectivity index (χ0v) is 11.5. The van der Waals surface area contributed by atoms with Crippen molar-refractivity contribution in [1.29, 1.82) is 0 Å². The van der Waals surface area contributed by atoms with Crippen molar-refractivity contribution in [2.24, 2.45) is 4.99 Å². The first-order valence-electron chi connectivity index (χ1n) is 6.16. The number of ether oxygens (including phenoxy) is 1. The van der Waals surface area contributed by atoms with E-state index in [0.29, 0.717) is 16.1 Å². The quantitative estimate of drug-likeness (QED) is 0.625. The summed E-state index contributed by atoms with van der Waals surface area (Å²) in [5.41, 5.74) is 1.51. The summed E-state index contributed by atoms with van der Waals surface area (Å²) < 4.78 is 18.0. The van der Waals surface area contributed by atoms with Crippen LogP contribution < -0.4 is 0 Å². The van der Waals surface area contributed by atoms with Crippen molar-refractivity contribution in [2.45, 2.75) is 0 Å². The maximum atomic E-state index is 12.8. The Labute approximate surface area is 125 Å². The summed E-state index contributed by atoms with van der Waals surface area (Å²) >= 11 is 5.81. The van der Waals surface area contributed by atoms with Crippen molar-refractivity contribution in [3.05, 3.63) is 76.2 Å². The van der Waals surface area contributed by atoms with E-state index in [2.05, 4.69) is 4.99 Å². The average Bonchev–Trinajstić information content (AvgIpc) is 2.83. The van der Waals surface area contributed by atoms with Crippen molar-refractivity contribution in [3.8, 4) is 0 Å². The van der Waals surface area contributed by atoms with E-state index in [1.165, 1.54) is 12.1 Å². The second kappa shape index (κ2) is 5.50. The van der Waals surface area contributed by atoms with Crippen LogP contribution in [0.5, 0.6) is 0 Å². The number of halogens is 2. The zero-order chi connectivity index (χ0) is 14.8. The van der Waals surface area contributed by atoms with E-state index in [-0.39, 0.29) is 17.4 Å². The minimum Gasteiger partial charge on any atom is -0.402 e. The number of rotatable bonds is 2. The molecule has 3 rings (SSSR count). The van der Waals surface area contributed by atoms with Crippen LogP contribution in [0.3, 0.4) is 0 Å². The van der Waals surface area contributed by atoms with Gasteiger partial charge in [0.2, 0.25) is 5.90 Å². The molecule has 104 valence electrons. The molecule has 0 atom stereocenters. The molecule has 0 amide bonds. The second-order valence-corrected chi connectivity index (χ2v) is 4.83. The van der Waals surface area contributed by atoms with Crippen LogP contribution in [0.25, 0.3) is 6.08 Å². The van der Waals surface area contributed by atoms with Crippen LogP contribution in [0.2, 0.25) is 5.02 Å². The van der Waals surface area contributed by atoms with Crippen LogP contribution in [-0.2, 0) is 9.53 Å². The molecule has 0 bridgehead atoms. The lowest BCUT2D eigenvalue weighted by Crippen LogP contribution is -2.05. The Balaban J connectivity index is 1.91. The molecule has 2 aromatic carbocycles. The van der Waals surface area contributed by atoms with Gasteiger partial charge in [-0.1, -0.05) is 23.7 Å². The Morgan fingerprint density at radius 1 is 1.05 bits per heavy atom. The second-order valence-electron chi connectivity index (χ2n) is 4.39. The van der Waals surface area contributed by atoms with E-state index in [0.717, 1.165) is 0 Å². The fourth-order valence-electron chi connectivity index (χ4n) is 1.84. The van der Waals surface area contributed by atoms with Gasteiger partial charge in [0.05, 0.1) is 0 Å². The highest BCUT2D eigenvalue weighted by atomic mass is 35.5. The highest BCUT2D eigenvalue weighted by Gasteiger charge is 2.23. The van der Waals surface area contributed by atoms with Gasteiger partial charge in [-0.3, -0.25) is 0 Å². The summed E-state index contributed by atoms with van der Waals surface area (Å²) in [4.78, 5) is 15.9. The van der Waals surface area contributed by atoms with Gasteiger partial charge in [0.1, 0.15) is 5.82 Å². The Kier molecular flexibility index (Phi) is 3.54. The summed E-state index contributed by atoms with van der Waals surface area (Å²) in [7, 11) is 0. The predicted octanol–water partition coefficient (Wildman–Crippen LogP) is 3.82. The van der Waals surface area contributed by atoms with Gasteiger partial charge in [0, 0.05) is 10.6 Å². The van der Waals surface area contributed by atoms with E-state index < -0.39 is 5.97 Å². The summed E-state index contributed by atoms with van der Waals surface area (Å²) in [6, 6.07) is 12.6. The highest BCUT2D eigenvalue weighted by molar-refractivity contribution is 6.30. The lowest BCUT2D eigenvalue weighted by Gasteiger charge is -1.98. The van der Waals surface area contributed by atoms with E-state index in [9.17, 15) is 9.18 Å². The Hall–Kier alpha value is -2.46. The summed E-state index contributed by atoms with van der Waals surface area (Å²) in [5, 5.41) is 0.589. The van der Waals surface area contributed by atoms with E-state index >= 15 is 0 Å². The number of benzene rings is 2.